The van der Waals surface area contributed by atoms with Gasteiger partial charge in [-0.2, -0.15) is 0 Å². The molecule has 29 heavy (non-hydrogen) atoms. The third kappa shape index (κ3) is 2.85. The van der Waals surface area contributed by atoms with Crippen molar-refractivity contribution in [2.45, 2.75) is 13.0 Å². The van der Waals surface area contributed by atoms with Gasteiger partial charge in [0.15, 0.2) is 11.8 Å². The molecule has 0 aromatic heterocycles. The van der Waals surface area contributed by atoms with Crippen molar-refractivity contribution >= 4 is 52.2 Å². The molecule has 2 heterocycles. The van der Waals surface area contributed by atoms with Crippen molar-refractivity contribution in [1.29, 1.82) is 0 Å². The van der Waals surface area contributed by atoms with Crippen molar-refractivity contribution in [1.82, 2.24) is 5.43 Å². The maximum Gasteiger partial charge on any atom is 0.266 e. The SMILES string of the molecule is COc1ccccc1N1C(=O)C2=C(C(C)=O)NN(c3c(Cl)cccc3Cl)[C@H]2C1=O. The lowest BCUT2D eigenvalue weighted by Crippen LogP contribution is -2.46. The van der Waals surface area contributed by atoms with Gasteiger partial charge < -0.3 is 4.74 Å². The minimum absolute atomic E-state index is 0.0294. The van der Waals surface area contributed by atoms with Gasteiger partial charge in [-0.05, 0) is 24.3 Å². The van der Waals surface area contributed by atoms with Crippen molar-refractivity contribution in [3.8, 4) is 5.75 Å². The number of Topliss-reactive ketones (excluding diaryl/α,β-unsaturated/α-hetero) is 1. The molecule has 7 nitrogen and oxygen atoms in total. The second-order valence-electron chi connectivity index (χ2n) is 6.45. The van der Waals surface area contributed by atoms with Crippen LogP contribution in [0.15, 0.2) is 53.7 Å². The molecular weight excluding hydrogens is 417 g/mol. The average molecular weight is 432 g/mol. The lowest BCUT2D eigenvalue weighted by atomic mass is 10.1. The van der Waals surface area contributed by atoms with E-state index in [0.29, 0.717) is 17.1 Å². The molecule has 0 radical (unpaired) electrons. The van der Waals surface area contributed by atoms with Crippen LogP contribution in [-0.4, -0.2) is 30.7 Å². The summed E-state index contributed by atoms with van der Waals surface area (Å²) in [5, 5.41) is 1.90. The minimum atomic E-state index is -1.09. The van der Waals surface area contributed by atoms with E-state index in [9.17, 15) is 14.4 Å². The zero-order valence-corrected chi connectivity index (χ0v) is 16.9. The highest BCUT2D eigenvalue weighted by atomic mass is 35.5. The number of para-hydroxylation sites is 3. The second kappa shape index (κ2) is 7.09. The maximum atomic E-state index is 13.4. The summed E-state index contributed by atoms with van der Waals surface area (Å²) in [6, 6.07) is 10.4. The van der Waals surface area contributed by atoms with Gasteiger partial charge in [0.25, 0.3) is 11.8 Å². The van der Waals surface area contributed by atoms with Gasteiger partial charge in [0.1, 0.15) is 11.4 Å². The highest BCUT2D eigenvalue weighted by molar-refractivity contribution is 6.40. The molecule has 0 saturated carbocycles. The number of halogens is 2. The molecule has 0 bridgehead atoms. The van der Waals surface area contributed by atoms with Gasteiger partial charge >= 0.3 is 0 Å². The van der Waals surface area contributed by atoms with Crippen LogP contribution in [0.1, 0.15) is 6.92 Å². The van der Waals surface area contributed by atoms with Crippen LogP contribution in [0.3, 0.4) is 0 Å². The lowest BCUT2D eigenvalue weighted by Gasteiger charge is -2.28. The van der Waals surface area contributed by atoms with Gasteiger partial charge in [0, 0.05) is 6.92 Å². The number of carbonyl (C=O) groups excluding carboxylic acids is 3. The molecule has 1 atom stereocenters. The molecule has 2 aliphatic heterocycles. The van der Waals surface area contributed by atoms with E-state index in [1.54, 1.807) is 42.5 Å². The molecule has 4 rings (SSSR count). The van der Waals surface area contributed by atoms with Gasteiger partial charge in [-0.15, -0.1) is 0 Å². The molecule has 9 heteroatoms. The van der Waals surface area contributed by atoms with E-state index in [0.717, 1.165) is 4.90 Å². The summed E-state index contributed by atoms with van der Waals surface area (Å²) < 4.78 is 5.30. The number of allylic oxidation sites excluding steroid dienone is 1. The molecular formula is C20H15Cl2N3O4. The van der Waals surface area contributed by atoms with Crippen molar-refractivity contribution < 1.29 is 19.1 Å². The number of rotatable bonds is 4. The van der Waals surface area contributed by atoms with Gasteiger partial charge in [-0.1, -0.05) is 41.4 Å². The van der Waals surface area contributed by atoms with Crippen LogP contribution in [-0.2, 0) is 14.4 Å². The Balaban J connectivity index is 1.88. The summed E-state index contributed by atoms with van der Waals surface area (Å²) >= 11 is 12.6. The second-order valence-corrected chi connectivity index (χ2v) is 7.26. The number of fused-ring (bicyclic) bond motifs is 1. The molecule has 2 aliphatic rings. The minimum Gasteiger partial charge on any atom is -0.495 e. The third-order valence-electron chi connectivity index (χ3n) is 4.78. The first-order valence-corrected chi connectivity index (χ1v) is 9.38. The fraction of sp³-hybridized carbons (Fsp3) is 0.150. The number of imide groups is 1. The Morgan fingerprint density at radius 3 is 2.34 bits per heavy atom. The van der Waals surface area contributed by atoms with Gasteiger partial charge in [0.2, 0.25) is 0 Å². The predicted octanol–water partition coefficient (Wildman–Crippen LogP) is 3.11. The van der Waals surface area contributed by atoms with Crippen LogP contribution in [0.4, 0.5) is 11.4 Å². The Hall–Kier alpha value is -3.03. The van der Waals surface area contributed by atoms with Crippen LogP contribution in [0, 0.1) is 0 Å². The number of ether oxygens (including phenoxy) is 1. The Bertz CT molecular complexity index is 1080. The maximum absolute atomic E-state index is 13.4. The van der Waals surface area contributed by atoms with Crippen LogP contribution < -0.4 is 20.1 Å². The number of methoxy groups -OCH3 is 1. The van der Waals surface area contributed by atoms with E-state index >= 15 is 0 Å². The highest BCUT2D eigenvalue weighted by Gasteiger charge is 2.54. The number of benzene rings is 2. The quantitative estimate of drug-likeness (QED) is 0.749. The Labute approximate surface area is 176 Å². The van der Waals surface area contributed by atoms with Crippen molar-refractivity contribution in [3.05, 3.63) is 63.8 Å². The number of nitrogens with one attached hydrogen (secondary N) is 1. The van der Waals surface area contributed by atoms with Crippen molar-refractivity contribution in [2.75, 3.05) is 17.0 Å². The third-order valence-corrected chi connectivity index (χ3v) is 5.39. The monoisotopic (exact) mass is 431 g/mol. The van der Waals surface area contributed by atoms with Crippen molar-refractivity contribution in [3.63, 3.8) is 0 Å². The van der Waals surface area contributed by atoms with E-state index in [2.05, 4.69) is 5.43 Å². The Morgan fingerprint density at radius 1 is 1.07 bits per heavy atom. The molecule has 2 aromatic carbocycles. The fourth-order valence-corrected chi connectivity index (χ4v) is 4.11. The Morgan fingerprint density at radius 2 is 1.72 bits per heavy atom. The standard InChI is InChI=1S/C20H15Cl2N3O4/c1-10(26)16-15-18(25(23-16)17-11(21)6-5-7-12(17)22)20(28)24(19(15)27)13-8-3-4-9-14(13)29-2/h3-9,18,23H,1-2H3/t18-/m1/s1. The number of hydrogen-bond donors (Lipinski definition) is 1. The summed E-state index contributed by atoms with van der Waals surface area (Å²) in [6.07, 6.45) is 0. The van der Waals surface area contributed by atoms with E-state index in [1.165, 1.54) is 19.0 Å². The number of ketones is 1. The largest absolute Gasteiger partial charge is 0.495 e. The highest BCUT2D eigenvalue weighted by Crippen LogP contribution is 2.43. The average Bonchev–Trinajstić information content (AvgIpc) is 3.19. The molecule has 2 amide bonds. The Kier molecular flexibility index (Phi) is 4.72. The molecule has 0 spiro atoms. The zero-order chi connectivity index (χ0) is 20.9. The number of carbonyl (C=O) groups is 3. The van der Waals surface area contributed by atoms with E-state index in [1.807, 2.05) is 0 Å². The summed E-state index contributed by atoms with van der Waals surface area (Å²) in [5.74, 6) is -1.18. The molecule has 148 valence electrons. The molecule has 0 unspecified atom stereocenters. The summed E-state index contributed by atoms with van der Waals surface area (Å²) in [4.78, 5) is 39.9. The van der Waals surface area contributed by atoms with Gasteiger partial charge in [0.05, 0.1) is 34.1 Å². The smallest absolute Gasteiger partial charge is 0.266 e. The first-order chi connectivity index (χ1) is 13.9. The molecule has 1 N–H and O–H groups in total. The van der Waals surface area contributed by atoms with Crippen LogP contribution in [0.25, 0.3) is 0 Å². The van der Waals surface area contributed by atoms with Crippen LogP contribution in [0.5, 0.6) is 5.75 Å². The number of amides is 2. The van der Waals surface area contributed by atoms with E-state index in [-0.39, 0.29) is 21.3 Å². The summed E-state index contributed by atoms with van der Waals surface area (Å²) in [5.41, 5.74) is 3.52. The van der Waals surface area contributed by atoms with E-state index < -0.39 is 23.6 Å². The predicted molar refractivity (Wildman–Crippen MR) is 109 cm³/mol. The number of hydrazine groups is 1. The number of anilines is 2. The summed E-state index contributed by atoms with van der Waals surface area (Å²) in [7, 11) is 1.45. The van der Waals surface area contributed by atoms with Gasteiger partial charge in [-0.3, -0.25) is 24.8 Å². The van der Waals surface area contributed by atoms with Crippen LogP contribution >= 0.6 is 23.2 Å². The fourth-order valence-electron chi connectivity index (χ4n) is 3.53. The molecule has 1 fully saturated rings. The summed E-state index contributed by atoms with van der Waals surface area (Å²) in [6.45, 7) is 1.31. The molecule has 0 aliphatic carbocycles. The van der Waals surface area contributed by atoms with Crippen LogP contribution in [0.2, 0.25) is 10.0 Å². The van der Waals surface area contributed by atoms with E-state index in [4.69, 9.17) is 27.9 Å². The number of nitrogens with zero attached hydrogens (tertiary/aromatic N) is 2. The number of hydrogen-bond acceptors (Lipinski definition) is 6. The normalized spacial score (nSPS) is 18.3. The zero-order valence-electron chi connectivity index (χ0n) is 15.4. The topological polar surface area (TPSA) is 79.0 Å². The van der Waals surface area contributed by atoms with Crippen molar-refractivity contribution in [2.24, 2.45) is 0 Å². The first kappa shape index (κ1) is 19.3. The lowest BCUT2D eigenvalue weighted by molar-refractivity contribution is -0.121. The van der Waals surface area contributed by atoms with Gasteiger partial charge in [-0.25, -0.2) is 4.90 Å². The first-order valence-electron chi connectivity index (χ1n) is 8.63. The molecule has 1 saturated heterocycles. The molecule has 2 aromatic rings.